The standard InChI is InChI=1S/C11H21NO2/c1-5-12-7-8(13)6-9(12)10(14)11(2,3)4/h8-9,13H,5-7H2,1-4H3/t8-,9+/m1/s1. The average Bonchev–Trinajstić information content (AvgIpc) is 2.43. The highest BCUT2D eigenvalue weighted by atomic mass is 16.3. The van der Waals surface area contributed by atoms with E-state index in [1.807, 2.05) is 27.7 Å². The van der Waals surface area contributed by atoms with Gasteiger partial charge in [0.2, 0.25) is 0 Å². The monoisotopic (exact) mass is 199 g/mol. The number of β-amino-alcohol motifs (C(OH)–C–C–N with tert-alkyl or cyclic N) is 1. The maximum Gasteiger partial charge on any atom is 0.155 e. The van der Waals surface area contributed by atoms with Crippen LogP contribution in [0, 0.1) is 5.41 Å². The molecule has 0 aliphatic carbocycles. The summed E-state index contributed by atoms with van der Waals surface area (Å²) >= 11 is 0. The van der Waals surface area contributed by atoms with Gasteiger partial charge in [-0.3, -0.25) is 9.69 Å². The van der Waals surface area contributed by atoms with Crippen LogP contribution in [-0.4, -0.2) is 41.0 Å². The summed E-state index contributed by atoms with van der Waals surface area (Å²) in [5, 5.41) is 9.52. The fourth-order valence-electron chi connectivity index (χ4n) is 2.00. The first kappa shape index (κ1) is 11.7. The zero-order valence-electron chi connectivity index (χ0n) is 9.58. The maximum absolute atomic E-state index is 12.0. The number of hydrogen-bond donors (Lipinski definition) is 1. The lowest BCUT2D eigenvalue weighted by Gasteiger charge is -2.27. The lowest BCUT2D eigenvalue weighted by atomic mass is 9.85. The van der Waals surface area contributed by atoms with E-state index in [9.17, 15) is 9.90 Å². The van der Waals surface area contributed by atoms with Gasteiger partial charge in [0, 0.05) is 12.0 Å². The van der Waals surface area contributed by atoms with Crippen molar-refractivity contribution in [2.75, 3.05) is 13.1 Å². The number of aliphatic hydroxyl groups is 1. The van der Waals surface area contributed by atoms with Gasteiger partial charge in [0.05, 0.1) is 12.1 Å². The van der Waals surface area contributed by atoms with Crippen LogP contribution in [0.25, 0.3) is 0 Å². The van der Waals surface area contributed by atoms with E-state index in [2.05, 4.69) is 4.90 Å². The van der Waals surface area contributed by atoms with E-state index < -0.39 is 0 Å². The number of ketones is 1. The van der Waals surface area contributed by atoms with Crippen molar-refractivity contribution in [2.45, 2.75) is 46.3 Å². The highest BCUT2D eigenvalue weighted by Crippen LogP contribution is 2.26. The molecule has 1 aliphatic heterocycles. The van der Waals surface area contributed by atoms with E-state index in [1.54, 1.807) is 0 Å². The third-order valence-corrected chi connectivity index (χ3v) is 2.83. The number of aliphatic hydroxyl groups excluding tert-OH is 1. The molecule has 14 heavy (non-hydrogen) atoms. The summed E-state index contributed by atoms with van der Waals surface area (Å²) in [6.07, 6.45) is 0.274. The van der Waals surface area contributed by atoms with Crippen LogP contribution in [0.1, 0.15) is 34.1 Å². The number of carbonyl (C=O) groups excluding carboxylic acids is 1. The normalized spacial score (nSPS) is 29.5. The zero-order chi connectivity index (χ0) is 10.9. The molecule has 0 aromatic heterocycles. The van der Waals surface area contributed by atoms with Gasteiger partial charge < -0.3 is 5.11 Å². The van der Waals surface area contributed by atoms with Crippen LogP contribution in [0.4, 0.5) is 0 Å². The molecule has 0 radical (unpaired) electrons. The van der Waals surface area contributed by atoms with Gasteiger partial charge in [-0.1, -0.05) is 27.7 Å². The van der Waals surface area contributed by atoms with Crippen molar-refractivity contribution in [3.05, 3.63) is 0 Å². The molecule has 3 nitrogen and oxygen atoms in total. The quantitative estimate of drug-likeness (QED) is 0.723. The summed E-state index contributed by atoms with van der Waals surface area (Å²) in [6, 6.07) is -0.0741. The van der Waals surface area contributed by atoms with Crippen LogP contribution in [0.2, 0.25) is 0 Å². The topological polar surface area (TPSA) is 40.5 Å². The Kier molecular flexibility index (Phi) is 3.32. The Morgan fingerprint density at radius 3 is 2.50 bits per heavy atom. The fraction of sp³-hybridized carbons (Fsp3) is 0.909. The van der Waals surface area contributed by atoms with Crippen LogP contribution in [0.15, 0.2) is 0 Å². The van der Waals surface area contributed by atoms with Crippen LogP contribution in [0.5, 0.6) is 0 Å². The third-order valence-electron chi connectivity index (χ3n) is 2.83. The largest absolute Gasteiger partial charge is 0.392 e. The molecule has 1 saturated heterocycles. The Balaban J connectivity index is 2.72. The van der Waals surface area contributed by atoms with Crippen molar-refractivity contribution in [3.63, 3.8) is 0 Å². The summed E-state index contributed by atoms with van der Waals surface area (Å²) in [5.41, 5.74) is -0.303. The molecular weight excluding hydrogens is 178 g/mol. The van der Waals surface area contributed by atoms with Gasteiger partial charge in [-0.05, 0) is 13.0 Å². The summed E-state index contributed by atoms with van der Waals surface area (Å²) in [7, 11) is 0. The lowest BCUT2D eigenvalue weighted by Crippen LogP contribution is -2.41. The van der Waals surface area contributed by atoms with E-state index in [0.29, 0.717) is 13.0 Å². The van der Waals surface area contributed by atoms with Crippen molar-refractivity contribution in [2.24, 2.45) is 5.41 Å². The summed E-state index contributed by atoms with van der Waals surface area (Å²) < 4.78 is 0. The van der Waals surface area contributed by atoms with Crippen LogP contribution in [0.3, 0.4) is 0 Å². The number of likely N-dealkylation sites (N-methyl/N-ethyl adjacent to an activating group) is 1. The van der Waals surface area contributed by atoms with Gasteiger partial charge in [0.1, 0.15) is 0 Å². The second-order valence-electron chi connectivity index (χ2n) is 5.11. The molecular formula is C11H21NO2. The molecule has 0 amide bonds. The minimum absolute atomic E-state index is 0.0741. The maximum atomic E-state index is 12.0. The highest BCUT2D eigenvalue weighted by molar-refractivity contribution is 5.89. The van der Waals surface area contributed by atoms with E-state index >= 15 is 0 Å². The first-order valence-electron chi connectivity index (χ1n) is 5.32. The molecule has 1 N–H and O–H groups in total. The molecule has 1 rings (SSSR count). The molecule has 2 atom stereocenters. The van der Waals surface area contributed by atoms with Crippen molar-refractivity contribution in [1.29, 1.82) is 0 Å². The van der Waals surface area contributed by atoms with Crippen molar-refractivity contribution < 1.29 is 9.90 Å². The zero-order valence-corrected chi connectivity index (χ0v) is 9.58. The van der Waals surface area contributed by atoms with Crippen molar-refractivity contribution in [3.8, 4) is 0 Å². The third kappa shape index (κ3) is 2.34. The number of rotatable bonds is 2. The molecule has 0 saturated carbocycles. The smallest absolute Gasteiger partial charge is 0.155 e. The Hall–Kier alpha value is -0.410. The average molecular weight is 199 g/mol. The number of carbonyl (C=O) groups is 1. The van der Waals surface area contributed by atoms with Crippen LogP contribution >= 0.6 is 0 Å². The predicted molar refractivity (Wildman–Crippen MR) is 56.1 cm³/mol. The Morgan fingerprint density at radius 2 is 2.07 bits per heavy atom. The molecule has 0 aromatic rings. The fourth-order valence-corrected chi connectivity index (χ4v) is 2.00. The molecule has 82 valence electrons. The minimum Gasteiger partial charge on any atom is -0.392 e. The molecule has 3 heteroatoms. The number of nitrogens with zero attached hydrogens (tertiary/aromatic N) is 1. The Bertz CT molecular complexity index is 220. The number of likely N-dealkylation sites (tertiary alicyclic amines) is 1. The second kappa shape index (κ2) is 3.99. The summed E-state index contributed by atoms with van der Waals surface area (Å²) in [5.74, 6) is 0.246. The molecule has 0 aromatic carbocycles. The molecule has 1 fully saturated rings. The Morgan fingerprint density at radius 1 is 1.50 bits per heavy atom. The number of hydrogen-bond acceptors (Lipinski definition) is 3. The molecule has 0 unspecified atom stereocenters. The molecule has 0 spiro atoms. The summed E-state index contributed by atoms with van der Waals surface area (Å²) in [4.78, 5) is 14.1. The van der Waals surface area contributed by atoms with Gasteiger partial charge in [0.25, 0.3) is 0 Å². The summed E-state index contributed by atoms with van der Waals surface area (Å²) in [6.45, 7) is 9.32. The second-order valence-corrected chi connectivity index (χ2v) is 5.11. The van der Waals surface area contributed by atoms with E-state index in [0.717, 1.165) is 6.54 Å². The Labute approximate surface area is 86.1 Å². The van der Waals surface area contributed by atoms with Crippen molar-refractivity contribution >= 4 is 5.78 Å². The van der Waals surface area contributed by atoms with Crippen LogP contribution in [-0.2, 0) is 4.79 Å². The number of Topliss-reactive ketones (excluding diaryl/α,β-unsaturated/α-hetero) is 1. The van der Waals surface area contributed by atoms with Gasteiger partial charge in [-0.15, -0.1) is 0 Å². The SMILES string of the molecule is CCN1C[C@H](O)C[C@H]1C(=O)C(C)(C)C. The first-order valence-corrected chi connectivity index (χ1v) is 5.32. The van der Waals surface area contributed by atoms with E-state index in [-0.39, 0.29) is 23.3 Å². The molecule has 0 bridgehead atoms. The molecule has 1 aliphatic rings. The van der Waals surface area contributed by atoms with Gasteiger partial charge >= 0.3 is 0 Å². The lowest BCUT2D eigenvalue weighted by molar-refractivity contribution is -0.130. The van der Waals surface area contributed by atoms with Crippen LogP contribution < -0.4 is 0 Å². The minimum atomic E-state index is -0.328. The van der Waals surface area contributed by atoms with Gasteiger partial charge in [-0.25, -0.2) is 0 Å². The van der Waals surface area contributed by atoms with E-state index in [4.69, 9.17) is 0 Å². The van der Waals surface area contributed by atoms with Gasteiger partial charge in [-0.2, -0.15) is 0 Å². The van der Waals surface area contributed by atoms with Crippen molar-refractivity contribution in [1.82, 2.24) is 4.90 Å². The predicted octanol–water partition coefficient (Wildman–Crippen LogP) is 1.06. The highest BCUT2D eigenvalue weighted by Gasteiger charge is 2.39. The first-order chi connectivity index (χ1) is 6.36. The van der Waals surface area contributed by atoms with Gasteiger partial charge in [0.15, 0.2) is 5.78 Å². The molecule has 1 heterocycles. The van der Waals surface area contributed by atoms with E-state index in [1.165, 1.54) is 0 Å².